The van der Waals surface area contributed by atoms with Gasteiger partial charge in [0.1, 0.15) is 5.76 Å². The number of fused-ring (bicyclic) bond motifs is 1. The van der Waals surface area contributed by atoms with Crippen LogP contribution in [0.4, 0.5) is 0 Å². The van der Waals surface area contributed by atoms with Crippen molar-refractivity contribution in [1.29, 1.82) is 0 Å². The zero-order valence-electron chi connectivity index (χ0n) is 17.3. The summed E-state index contributed by atoms with van der Waals surface area (Å²) in [7, 11) is 1.99. The third-order valence-corrected chi connectivity index (χ3v) is 5.14. The van der Waals surface area contributed by atoms with Crippen molar-refractivity contribution >= 4 is 10.8 Å². The summed E-state index contributed by atoms with van der Waals surface area (Å²) in [4.78, 5) is 15.3. The molecular formula is C24H21N5O2. The lowest BCUT2D eigenvalue weighted by Gasteiger charge is -2.12. The minimum atomic E-state index is 0.508. The van der Waals surface area contributed by atoms with E-state index in [1.54, 1.807) is 12.4 Å². The van der Waals surface area contributed by atoms with E-state index in [9.17, 15) is 0 Å². The molecule has 0 radical (unpaired) electrons. The molecule has 0 aliphatic heterocycles. The van der Waals surface area contributed by atoms with Crippen molar-refractivity contribution in [3.8, 4) is 22.8 Å². The van der Waals surface area contributed by atoms with Gasteiger partial charge in [-0.2, -0.15) is 4.98 Å². The lowest BCUT2D eigenvalue weighted by molar-refractivity contribution is 0.258. The molecule has 0 aliphatic rings. The molecule has 0 saturated carbocycles. The largest absolute Gasteiger partial charge is 0.441 e. The van der Waals surface area contributed by atoms with Gasteiger partial charge in [0, 0.05) is 30.1 Å². The van der Waals surface area contributed by atoms with Gasteiger partial charge in [-0.15, -0.1) is 0 Å². The second-order valence-corrected chi connectivity index (χ2v) is 7.47. The van der Waals surface area contributed by atoms with E-state index < -0.39 is 0 Å². The predicted molar refractivity (Wildman–Crippen MR) is 117 cm³/mol. The Kier molecular flexibility index (Phi) is 5.01. The first-order chi connectivity index (χ1) is 15.2. The maximum absolute atomic E-state index is 6.03. The zero-order valence-corrected chi connectivity index (χ0v) is 17.3. The van der Waals surface area contributed by atoms with Crippen LogP contribution in [0.5, 0.6) is 0 Å². The molecular weight excluding hydrogens is 390 g/mol. The molecule has 0 spiro atoms. The van der Waals surface area contributed by atoms with Gasteiger partial charge < -0.3 is 8.94 Å². The first-order valence-corrected chi connectivity index (χ1v) is 10.0. The molecule has 3 heterocycles. The summed E-state index contributed by atoms with van der Waals surface area (Å²) in [5.41, 5.74) is 2.76. The Morgan fingerprint density at radius 2 is 1.71 bits per heavy atom. The first kappa shape index (κ1) is 19.1. The maximum atomic E-state index is 6.03. The third-order valence-electron chi connectivity index (χ3n) is 5.14. The Morgan fingerprint density at radius 3 is 2.58 bits per heavy atom. The smallest absolute Gasteiger partial charge is 0.241 e. The fraction of sp³-hybridized carbons (Fsp3) is 0.167. The van der Waals surface area contributed by atoms with Crippen molar-refractivity contribution in [2.45, 2.75) is 20.0 Å². The van der Waals surface area contributed by atoms with Crippen LogP contribution in [-0.4, -0.2) is 32.1 Å². The highest BCUT2D eigenvalue weighted by molar-refractivity contribution is 5.94. The Morgan fingerprint density at radius 1 is 0.903 bits per heavy atom. The molecule has 31 heavy (non-hydrogen) atoms. The lowest BCUT2D eigenvalue weighted by Crippen LogP contribution is -2.18. The SMILES string of the molecule is Cc1oc(-c2cccc3ccccc23)nc1CN(C)Cc1nc(-c2ccncc2)no1. The van der Waals surface area contributed by atoms with Gasteiger partial charge in [-0.1, -0.05) is 41.6 Å². The fourth-order valence-electron chi connectivity index (χ4n) is 3.58. The number of benzene rings is 2. The van der Waals surface area contributed by atoms with Crippen molar-refractivity contribution in [3.05, 3.63) is 84.3 Å². The van der Waals surface area contributed by atoms with Gasteiger partial charge >= 0.3 is 0 Å². The molecule has 7 heteroatoms. The van der Waals surface area contributed by atoms with Crippen LogP contribution >= 0.6 is 0 Å². The van der Waals surface area contributed by atoms with E-state index >= 15 is 0 Å². The van der Waals surface area contributed by atoms with Crippen molar-refractivity contribution in [2.75, 3.05) is 7.05 Å². The number of hydrogen-bond acceptors (Lipinski definition) is 7. The molecule has 3 aromatic heterocycles. The van der Waals surface area contributed by atoms with Crippen molar-refractivity contribution < 1.29 is 8.94 Å². The van der Waals surface area contributed by atoms with E-state index in [-0.39, 0.29) is 0 Å². The van der Waals surface area contributed by atoms with E-state index in [0.29, 0.717) is 30.7 Å². The van der Waals surface area contributed by atoms with E-state index in [0.717, 1.165) is 33.4 Å². The summed E-state index contributed by atoms with van der Waals surface area (Å²) >= 11 is 0. The minimum Gasteiger partial charge on any atom is -0.441 e. The van der Waals surface area contributed by atoms with E-state index in [1.807, 2.05) is 50.4 Å². The average Bonchev–Trinajstić information content (AvgIpc) is 3.40. The van der Waals surface area contributed by atoms with Crippen LogP contribution in [0.25, 0.3) is 33.6 Å². The topological polar surface area (TPSA) is 81.1 Å². The summed E-state index contributed by atoms with van der Waals surface area (Å²) in [6.45, 7) is 3.06. The van der Waals surface area contributed by atoms with Crippen LogP contribution in [0.1, 0.15) is 17.3 Å². The summed E-state index contributed by atoms with van der Waals surface area (Å²) in [5, 5.41) is 6.35. The molecule has 0 aliphatic carbocycles. The van der Waals surface area contributed by atoms with Gasteiger partial charge in [0.05, 0.1) is 12.2 Å². The Hall–Kier alpha value is -3.84. The number of aromatic nitrogens is 4. The lowest BCUT2D eigenvalue weighted by atomic mass is 10.0. The monoisotopic (exact) mass is 411 g/mol. The minimum absolute atomic E-state index is 0.508. The summed E-state index contributed by atoms with van der Waals surface area (Å²) < 4.78 is 11.4. The van der Waals surface area contributed by atoms with Gasteiger partial charge in [0.15, 0.2) is 0 Å². The molecule has 0 bridgehead atoms. The number of oxazole rings is 1. The molecule has 0 fully saturated rings. The van der Waals surface area contributed by atoms with Gasteiger partial charge in [0.25, 0.3) is 0 Å². The maximum Gasteiger partial charge on any atom is 0.241 e. The highest BCUT2D eigenvalue weighted by Crippen LogP contribution is 2.29. The summed E-state index contributed by atoms with van der Waals surface area (Å²) in [6, 6.07) is 18.1. The van der Waals surface area contributed by atoms with Crippen LogP contribution < -0.4 is 0 Å². The molecule has 154 valence electrons. The number of aryl methyl sites for hydroxylation is 1. The van der Waals surface area contributed by atoms with E-state index in [4.69, 9.17) is 13.9 Å². The second-order valence-electron chi connectivity index (χ2n) is 7.47. The summed E-state index contributed by atoms with van der Waals surface area (Å²) in [5.74, 6) is 2.54. The Balaban J connectivity index is 1.33. The number of pyridine rings is 1. The average molecular weight is 411 g/mol. The molecule has 0 N–H and O–H groups in total. The number of nitrogens with zero attached hydrogens (tertiary/aromatic N) is 5. The molecule has 0 saturated heterocycles. The van der Waals surface area contributed by atoms with Crippen LogP contribution in [-0.2, 0) is 13.1 Å². The molecule has 5 rings (SSSR count). The van der Waals surface area contributed by atoms with Crippen LogP contribution in [0.15, 0.2) is 75.9 Å². The molecule has 2 aromatic carbocycles. The van der Waals surface area contributed by atoms with Gasteiger partial charge in [-0.05, 0) is 42.9 Å². The molecule has 0 atom stereocenters. The van der Waals surface area contributed by atoms with Gasteiger partial charge in [0.2, 0.25) is 17.6 Å². The van der Waals surface area contributed by atoms with Crippen molar-refractivity contribution in [2.24, 2.45) is 0 Å². The molecule has 0 amide bonds. The highest BCUT2D eigenvalue weighted by Gasteiger charge is 2.17. The normalized spacial score (nSPS) is 11.5. The van der Waals surface area contributed by atoms with Gasteiger partial charge in [-0.25, -0.2) is 4.98 Å². The fourth-order valence-corrected chi connectivity index (χ4v) is 3.58. The zero-order chi connectivity index (χ0) is 21.2. The Labute approximate surface area is 179 Å². The third kappa shape index (κ3) is 3.95. The first-order valence-electron chi connectivity index (χ1n) is 10.0. The van der Waals surface area contributed by atoms with Crippen LogP contribution in [0.3, 0.4) is 0 Å². The second kappa shape index (κ2) is 8.12. The number of rotatable bonds is 6. The highest BCUT2D eigenvalue weighted by atomic mass is 16.5. The molecule has 7 nitrogen and oxygen atoms in total. The van der Waals surface area contributed by atoms with Crippen LogP contribution in [0.2, 0.25) is 0 Å². The van der Waals surface area contributed by atoms with E-state index in [2.05, 4.69) is 38.2 Å². The van der Waals surface area contributed by atoms with Crippen LogP contribution in [0, 0.1) is 6.92 Å². The molecule has 5 aromatic rings. The standard InChI is InChI=1S/C24H21N5O2/c1-16-21(26-24(30-16)20-9-5-7-17-6-3-4-8-19(17)20)14-29(2)15-22-27-23(28-31-22)18-10-12-25-13-11-18/h3-13H,14-15H2,1-2H3. The Bertz CT molecular complexity index is 1320. The van der Waals surface area contributed by atoms with E-state index in [1.165, 1.54) is 0 Å². The predicted octanol–water partition coefficient (Wildman–Crippen LogP) is 4.88. The van der Waals surface area contributed by atoms with Gasteiger partial charge in [-0.3, -0.25) is 9.88 Å². The summed E-state index contributed by atoms with van der Waals surface area (Å²) in [6.07, 6.45) is 3.41. The molecule has 0 unspecified atom stereocenters. The van der Waals surface area contributed by atoms with Crippen molar-refractivity contribution in [3.63, 3.8) is 0 Å². The quantitative estimate of drug-likeness (QED) is 0.394. The van der Waals surface area contributed by atoms with Crippen molar-refractivity contribution in [1.82, 2.24) is 25.0 Å². The number of hydrogen-bond donors (Lipinski definition) is 0.